The van der Waals surface area contributed by atoms with Crippen LogP contribution in [0.2, 0.25) is 5.02 Å². The summed E-state index contributed by atoms with van der Waals surface area (Å²) in [6, 6.07) is 2.85. The van der Waals surface area contributed by atoms with Gasteiger partial charge in [-0.2, -0.15) is 0 Å². The van der Waals surface area contributed by atoms with Crippen molar-refractivity contribution in [3.8, 4) is 5.75 Å². The minimum absolute atomic E-state index is 0.0111. The summed E-state index contributed by atoms with van der Waals surface area (Å²) >= 11 is 9.20. The summed E-state index contributed by atoms with van der Waals surface area (Å²) in [5.74, 6) is 1.23. The van der Waals surface area contributed by atoms with Crippen molar-refractivity contribution >= 4 is 37.6 Å². The van der Waals surface area contributed by atoms with E-state index in [1.165, 1.54) is 12.1 Å². The van der Waals surface area contributed by atoms with Crippen LogP contribution in [0.5, 0.6) is 5.75 Å². The van der Waals surface area contributed by atoms with Crippen LogP contribution in [0.1, 0.15) is 11.6 Å². The molecule has 2 N–H and O–H groups in total. The van der Waals surface area contributed by atoms with Gasteiger partial charge in [0.25, 0.3) is 0 Å². The molecular formula is C11H12BrClN4O3S. The molecule has 0 unspecified atom stereocenters. The van der Waals surface area contributed by atoms with Crippen LogP contribution in [0.4, 0.5) is 0 Å². The van der Waals surface area contributed by atoms with E-state index in [-0.39, 0.29) is 22.3 Å². The van der Waals surface area contributed by atoms with E-state index in [1.807, 2.05) is 0 Å². The lowest BCUT2D eigenvalue weighted by Crippen LogP contribution is -2.15. The van der Waals surface area contributed by atoms with Crippen LogP contribution < -0.4 is 9.88 Å². The predicted octanol–water partition coefficient (Wildman–Crippen LogP) is 1.77. The number of nitrogens with zero attached hydrogens (tertiary/aromatic N) is 3. The highest BCUT2D eigenvalue weighted by Gasteiger charge is 2.20. The molecule has 7 nitrogen and oxygen atoms in total. The molecule has 21 heavy (non-hydrogen) atoms. The second kappa shape index (κ2) is 5.91. The SMILES string of the molecule is Cc1nnc(COc2c(Cl)cc(Br)cc2S(N)(=O)=O)n1C. The zero-order valence-corrected chi connectivity index (χ0v) is 14.3. The molecule has 0 aliphatic heterocycles. The van der Waals surface area contributed by atoms with Gasteiger partial charge < -0.3 is 9.30 Å². The lowest BCUT2D eigenvalue weighted by Gasteiger charge is -2.12. The van der Waals surface area contributed by atoms with Gasteiger partial charge in [0.2, 0.25) is 10.0 Å². The van der Waals surface area contributed by atoms with E-state index in [0.717, 1.165) is 0 Å². The van der Waals surface area contributed by atoms with Crippen LogP contribution in [0, 0.1) is 6.92 Å². The number of halogens is 2. The number of primary sulfonamides is 1. The van der Waals surface area contributed by atoms with Gasteiger partial charge in [-0.05, 0) is 19.1 Å². The fourth-order valence-corrected chi connectivity index (χ4v) is 3.39. The molecular weight excluding hydrogens is 384 g/mol. The Balaban J connectivity index is 2.38. The topological polar surface area (TPSA) is 100 Å². The largest absolute Gasteiger partial charge is 0.483 e. The summed E-state index contributed by atoms with van der Waals surface area (Å²) < 4.78 is 31.0. The van der Waals surface area contributed by atoms with Gasteiger partial charge in [0.1, 0.15) is 17.3 Å². The van der Waals surface area contributed by atoms with Crippen molar-refractivity contribution in [3.05, 3.63) is 33.3 Å². The van der Waals surface area contributed by atoms with E-state index >= 15 is 0 Å². The van der Waals surface area contributed by atoms with Crippen molar-refractivity contribution in [2.24, 2.45) is 12.2 Å². The molecule has 0 amide bonds. The molecule has 0 aliphatic rings. The van der Waals surface area contributed by atoms with Gasteiger partial charge in [0.05, 0.1) is 5.02 Å². The molecule has 2 rings (SSSR count). The van der Waals surface area contributed by atoms with Crippen LogP contribution in [0.15, 0.2) is 21.5 Å². The lowest BCUT2D eigenvalue weighted by molar-refractivity contribution is 0.283. The molecule has 0 atom stereocenters. The number of aryl methyl sites for hydroxylation is 1. The average molecular weight is 396 g/mol. The van der Waals surface area contributed by atoms with Crippen molar-refractivity contribution in [3.63, 3.8) is 0 Å². The van der Waals surface area contributed by atoms with Gasteiger partial charge in [0, 0.05) is 11.5 Å². The van der Waals surface area contributed by atoms with Crippen molar-refractivity contribution in [2.75, 3.05) is 0 Å². The number of nitrogens with two attached hydrogens (primary N) is 1. The standard InChI is InChI=1S/C11H12BrClN4O3S/c1-6-15-16-10(17(6)2)5-20-11-8(13)3-7(12)4-9(11)21(14,18)19/h3-4H,5H2,1-2H3,(H2,14,18,19). The molecule has 10 heteroatoms. The van der Waals surface area contributed by atoms with E-state index in [9.17, 15) is 8.42 Å². The Bertz CT molecular complexity index is 791. The maximum Gasteiger partial charge on any atom is 0.241 e. The number of hydrogen-bond acceptors (Lipinski definition) is 5. The Hall–Kier alpha value is -1.16. The lowest BCUT2D eigenvalue weighted by atomic mass is 10.3. The van der Waals surface area contributed by atoms with Crippen LogP contribution in [-0.2, 0) is 23.7 Å². The zero-order chi connectivity index (χ0) is 15.8. The molecule has 2 aromatic rings. The summed E-state index contributed by atoms with van der Waals surface area (Å²) in [5.41, 5.74) is 0. The van der Waals surface area contributed by atoms with Crippen molar-refractivity contribution in [2.45, 2.75) is 18.4 Å². The molecule has 1 aromatic heterocycles. The zero-order valence-electron chi connectivity index (χ0n) is 11.2. The maximum absolute atomic E-state index is 11.6. The van der Waals surface area contributed by atoms with Gasteiger partial charge in [-0.1, -0.05) is 27.5 Å². The molecule has 1 heterocycles. The van der Waals surface area contributed by atoms with E-state index in [4.69, 9.17) is 21.5 Å². The van der Waals surface area contributed by atoms with E-state index in [0.29, 0.717) is 16.1 Å². The Labute approximate surface area is 135 Å². The van der Waals surface area contributed by atoms with Crippen LogP contribution in [0.25, 0.3) is 0 Å². The van der Waals surface area contributed by atoms with Crippen LogP contribution >= 0.6 is 27.5 Å². The van der Waals surface area contributed by atoms with Gasteiger partial charge in [-0.15, -0.1) is 10.2 Å². The summed E-state index contributed by atoms with van der Waals surface area (Å²) in [5, 5.41) is 13.1. The van der Waals surface area contributed by atoms with Gasteiger partial charge in [-0.3, -0.25) is 0 Å². The van der Waals surface area contributed by atoms with Crippen molar-refractivity contribution in [1.29, 1.82) is 0 Å². The fourth-order valence-electron chi connectivity index (χ4n) is 1.60. The van der Waals surface area contributed by atoms with Crippen molar-refractivity contribution < 1.29 is 13.2 Å². The highest BCUT2D eigenvalue weighted by atomic mass is 79.9. The predicted molar refractivity (Wildman–Crippen MR) is 80.6 cm³/mol. The summed E-state index contributed by atoms with van der Waals surface area (Å²) in [6.45, 7) is 1.81. The van der Waals surface area contributed by atoms with Crippen molar-refractivity contribution in [1.82, 2.24) is 14.8 Å². The second-order valence-electron chi connectivity index (χ2n) is 4.27. The van der Waals surface area contributed by atoms with Gasteiger partial charge in [0.15, 0.2) is 11.6 Å². The van der Waals surface area contributed by atoms with E-state index in [2.05, 4.69) is 26.1 Å². The Morgan fingerprint density at radius 3 is 2.62 bits per heavy atom. The molecule has 0 aliphatic carbocycles. The van der Waals surface area contributed by atoms with E-state index < -0.39 is 10.0 Å². The minimum Gasteiger partial charge on any atom is -0.483 e. The smallest absolute Gasteiger partial charge is 0.241 e. The quantitative estimate of drug-likeness (QED) is 0.850. The number of sulfonamides is 1. The third-order valence-corrected chi connectivity index (χ3v) is 4.46. The molecule has 1 aromatic carbocycles. The molecule has 0 saturated heterocycles. The number of aromatic nitrogens is 3. The average Bonchev–Trinajstić information content (AvgIpc) is 2.67. The number of rotatable bonds is 4. The monoisotopic (exact) mass is 394 g/mol. The third-order valence-electron chi connectivity index (χ3n) is 2.81. The van der Waals surface area contributed by atoms with Crippen LogP contribution in [-0.4, -0.2) is 23.2 Å². The highest BCUT2D eigenvalue weighted by Crippen LogP contribution is 2.35. The number of ether oxygens (including phenoxy) is 1. The summed E-state index contributed by atoms with van der Waals surface area (Å²) in [4.78, 5) is -0.194. The first-order valence-electron chi connectivity index (χ1n) is 5.69. The molecule has 0 saturated carbocycles. The molecule has 0 spiro atoms. The fraction of sp³-hybridized carbons (Fsp3) is 0.273. The first-order valence-corrected chi connectivity index (χ1v) is 8.41. The van der Waals surface area contributed by atoms with E-state index in [1.54, 1.807) is 18.5 Å². The first-order chi connectivity index (χ1) is 9.70. The Kier molecular flexibility index (Phi) is 4.57. The molecule has 0 fully saturated rings. The minimum atomic E-state index is -3.97. The molecule has 0 radical (unpaired) electrons. The normalized spacial score (nSPS) is 11.7. The molecule has 0 bridgehead atoms. The second-order valence-corrected chi connectivity index (χ2v) is 7.12. The Morgan fingerprint density at radius 2 is 2.10 bits per heavy atom. The summed E-state index contributed by atoms with van der Waals surface area (Å²) in [7, 11) is -2.19. The Morgan fingerprint density at radius 1 is 1.43 bits per heavy atom. The third kappa shape index (κ3) is 3.54. The maximum atomic E-state index is 11.6. The van der Waals surface area contributed by atoms with Crippen LogP contribution in [0.3, 0.4) is 0 Å². The van der Waals surface area contributed by atoms with Gasteiger partial charge in [-0.25, -0.2) is 13.6 Å². The first kappa shape index (κ1) is 16.2. The summed E-state index contributed by atoms with van der Waals surface area (Å²) in [6.07, 6.45) is 0. The number of benzene rings is 1. The number of hydrogen-bond donors (Lipinski definition) is 1. The molecule has 114 valence electrons. The van der Waals surface area contributed by atoms with Gasteiger partial charge >= 0.3 is 0 Å². The highest BCUT2D eigenvalue weighted by molar-refractivity contribution is 9.10.